The number of phenols is 1. The Hall–Kier alpha value is -3.62. The number of hydrogen-bond acceptors (Lipinski definition) is 6. The molecule has 5 rings (SSSR count). The van der Waals surface area contributed by atoms with Crippen LogP contribution in [-0.4, -0.2) is 38.0 Å². The first kappa shape index (κ1) is 18.4. The molecule has 9 nitrogen and oxygen atoms in total. The van der Waals surface area contributed by atoms with E-state index in [0.717, 1.165) is 37.8 Å². The van der Waals surface area contributed by atoms with Crippen LogP contribution in [0, 0.1) is 0 Å². The number of carbonyl (C=O) groups is 2. The van der Waals surface area contributed by atoms with Crippen LogP contribution in [0.15, 0.2) is 41.1 Å². The molecule has 2 aliphatic carbocycles. The van der Waals surface area contributed by atoms with Crippen molar-refractivity contribution < 1.29 is 19.2 Å². The number of carbonyl (C=O) groups excluding carboxylic acids is 2. The molecule has 154 valence electrons. The quantitative estimate of drug-likeness (QED) is 0.557. The molecule has 2 aromatic heterocycles. The second-order valence-electron chi connectivity index (χ2n) is 7.78. The molecule has 0 spiro atoms. The van der Waals surface area contributed by atoms with Gasteiger partial charge in [0.25, 0.3) is 5.91 Å². The first-order chi connectivity index (χ1) is 14.6. The van der Waals surface area contributed by atoms with Crippen LogP contribution in [0.5, 0.6) is 5.75 Å². The van der Waals surface area contributed by atoms with Gasteiger partial charge in [-0.15, -0.1) is 0 Å². The van der Waals surface area contributed by atoms with Crippen molar-refractivity contribution in [2.75, 3.05) is 5.32 Å². The number of aromatic hydroxyl groups is 1. The first-order valence-electron chi connectivity index (χ1n) is 10.0. The summed E-state index contributed by atoms with van der Waals surface area (Å²) in [4.78, 5) is 24.9. The van der Waals surface area contributed by atoms with Gasteiger partial charge in [0.2, 0.25) is 5.76 Å². The summed E-state index contributed by atoms with van der Waals surface area (Å²) in [5.41, 5.74) is 2.23. The third-order valence-corrected chi connectivity index (χ3v) is 5.55. The molecule has 30 heavy (non-hydrogen) atoms. The second-order valence-corrected chi connectivity index (χ2v) is 7.78. The molecule has 3 aromatic rings. The number of nitrogens with zero attached hydrogens (tertiary/aromatic N) is 3. The second kappa shape index (κ2) is 7.33. The van der Waals surface area contributed by atoms with Crippen molar-refractivity contribution in [3.63, 3.8) is 0 Å². The highest BCUT2D eigenvalue weighted by molar-refractivity contribution is 6.02. The van der Waals surface area contributed by atoms with Crippen LogP contribution in [0.4, 0.5) is 10.5 Å². The third-order valence-electron chi connectivity index (χ3n) is 5.55. The molecular weight excluding hydrogens is 386 g/mol. The lowest BCUT2D eigenvalue weighted by molar-refractivity contribution is 0.0988. The van der Waals surface area contributed by atoms with E-state index in [1.54, 1.807) is 12.1 Å². The Kier molecular flexibility index (Phi) is 4.50. The maximum absolute atomic E-state index is 12.7. The van der Waals surface area contributed by atoms with Crippen molar-refractivity contribution in [1.29, 1.82) is 0 Å². The lowest BCUT2D eigenvalue weighted by Gasteiger charge is -2.25. The number of nitrogens with one attached hydrogen (secondary N) is 2. The van der Waals surface area contributed by atoms with Crippen LogP contribution >= 0.6 is 0 Å². The van der Waals surface area contributed by atoms with Crippen molar-refractivity contribution in [1.82, 2.24) is 20.3 Å². The standard InChI is InChI=1S/C21H21N5O4/c27-18-7-6-14(23-20(28)19-8-9-22-30-19)10-15(18)16-11-17(12-2-1-3-12)26(25-16)21(29)24-13-4-5-13/h6-13,27H,1-5H2,(H,23,28)(H,24,29). The summed E-state index contributed by atoms with van der Waals surface area (Å²) in [7, 11) is 0. The van der Waals surface area contributed by atoms with E-state index in [1.807, 2.05) is 6.07 Å². The monoisotopic (exact) mass is 407 g/mol. The van der Waals surface area contributed by atoms with E-state index in [4.69, 9.17) is 4.52 Å². The van der Waals surface area contributed by atoms with E-state index in [-0.39, 0.29) is 29.5 Å². The van der Waals surface area contributed by atoms with Gasteiger partial charge < -0.3 is 20.3 Å². The van der Waals surface area contributed by atoms with Crippen molar-refractivity contribution in [3.8, 4) is 17.0 Å². The number of aromatic nitrogens is 3. The van der Waals surface area contributed by atoms with Crippen LogP contribution in [0.3, 0.4) is 0 Å². The summed E-state index contributed by atoms with van der Waals surface area (Å²) < 4.78 is 6.29. The molecule has 2 amide bonds. The summed E-state index contributed by atoms with van der Waals surface area (Å²) in [6.45, 7) is 0. The minimum atomic E-state index is -0.450. The highest BCUT2D eigenvalue weighted by Crippen LogP contribution is 2.39. The smallest absolute Gasteiger partial charge is 0.342 e. The van der Waals surface area contributed by atoms with Gasteiger partial charge in [-0.25, -0.2) is 4.79 Å². The van der Waals surface area contributed by atoms with Gasteiger partial charge in [-0.05, 0) is 49.9 Å². The van der Waals surface area contributed by atoms with Gasteiger partial charge in [-0.1, -0.05) is 11.6 Å². The molecule has 1 aromatic carbocycles. The van der Waals surface area contributed by atoms with Crippen LogP contribution in [0.2, 0.25) is 0 Å². The average molecular weight is 407 g/mol. The van der Waals surface area contributed by atoms with E-state index in [2.05, 4.69) is 20.9 Å². The molecule has 0 aliphatic heterocycles. The van der Waals surface area contributed by atoms with Crippen molar-refractivity contribution in [2.24, 2.45) is 0 Å². The molecule has 2 heterocycles. The Balaban J connectivity index is 1.46. The van der Waals surface area contributed by atoms with Crippen LogP contribution in [-0.2, 0) is 0 Å². The molecule has 0 radical (unpaired) electrons. The topological polar surface area (TPSA) is 122 Å². The predicted octanol–water partition coefficient (Wildman–Crippen LogP) is 3.48. The summed E-state index contributed by atoms with van der Waals surface area (Å²) in [6.07, 6.45) is 6.53. The van der Waals surface area contributed by atoms with Crippen LogP contribution < -0.4 is 10.6 Å². The number of phenolic OH excluding ortho intramolecular Hbond substituents is 1. The molecule has 2 saturated carbocycles. The molecule has 2 aliphatic rings. The highest BCUT2D eigenvalue weighted by atomic mass is 16.5. The fourth-order valence-electron chi connectivity index (χ4n) is 3.49. The van der Waals surface area contributed by atoms with Gasteiger partial charge in [0.1, 0.15) is 5.75 Å². The van der Waals surface area contributed by atoms with E-state index >= 15 is 0 Å². The van der Waals surface area contributed by atoms with Crippen LogP contribution in [0.25, 0.3) is 11.3 Å². The van der Waals surface area contributed by atoms with Gasteiger partial charge in [-0.3, -0.25) is 4.79 Å². The number of amides is 2. The summed E-state index contributed by atoms with van der Waals surface area (Å²) >= 11 is 0. The molecule has 9 heteroatoms. The summed E-state index contributed by atoms with van der Waals surface area (Å²) in [5.74, 6) is -0.0701. The van der Waals surface area contributed by atoms with E-state index in [1.165, 1.54) is 23.0 Å². The average Bonchev–Trinajstić information content (AvgIpc) is 3.17. The molecule has 0 unspecified atom stereocenters. The first-order valence-corrected chi connectivity index (χ1v) is 10.0. The molecule has 0 saturated heterocycles. The number of rotatable bonds is 5. The summed E-state index contributed by atoms with van der Waals surface area (Å²) in [6, 6.07) is 7.99. The minimum Gasteiger partial charge on any atom is -0.507 e. The maximum atomic E-state index is 12.7. The molecule has 0 bridgehead atoms. The normalized spacial score (nSPS) is 16.1. The van der Waals surface area contributed by atoms with Crippen molar-refractivity contribution in [3.05, 3.63) is 48.0 Å². The van der Waals surface area contributed by atoms with Gasteiger partial charge in [0.05, 0.1) is 17.6 Å². The fourth-order valence-corrected chi connectivity index (χ4v) is 3.49. The Bertz CT molecular complexity index is 1100. The molecule has 0 atom stereocenters. The minimum absolute atomic E-state index is 0.0140. The number of hydrogen-bond donors (Lipinski definition) is 3. The van der Waals surface area contributed by atoms with E-state index in [0.29, 0.717) is 16.9 Å². The van der Waals surface area contributed by atoms with Crippen LogP contribution in [0.1, 0.15) is 54.3 Å². The molecular formula is C21H21N5O4. The predicted molar refractivity (Wildman–Crippen MR) is 107 cm³/mol. The van der Waals surface area contributed by atoms with Gasteiger partial charge in [-0.2, -0.15) is 9.78 Å². The third kappa shape index (κ3) is 3.54. The van der Waals surface area contributed by atoms with Gasteiger partial charge in [0, 0.05) is 29.3 Å². The van der Waals surface area contributed by atoms with Crippen molar-refractivity contribution in [2.45, 2.75) is 44.1 Å². The SMILES string of the molecule is O=C(Nc1ccc(O)c(-c2cc(C3CCC3)n(C(=O)NC3CC3)n2)c1)c1ccno1. The maximum Gasteiger partial charge on any atom is 0.342 e. The Labute approximate surface area is 172 Å². The summed E-state index contributed by atoms with van der Waals surface area (Å²) in [5, 5.41) is 24.1. The Morgan fingerprint density at radius 1 is 1.13 bits per heavy atom. The zero-order valence-corrected chi connectivity index (χ0v) is 16.2. The number of benzene rings is 1. The zero-order valence-electron chi connectivity index (χ0n) is 16.2. The Morgan fingerprint density at radius 3 is 2.63 bits per heavy atom. The zero-order chi connectivity index (χ0) is 20.7. The number of anilines is 1. The van der Waals surface area contributed by atoms with Crippen molar-refractivity contribution >= 4 is 17.6 Å². The van der Waals surface area contributed by atoms with Gasteiger partial charge >= 0.3 is 6.03 Å². The fraction of sp³-hybridized carbons (Fsp3) is 0.333. The highest BCUT2D eigenvalue weighted by Gasteiger charge is 2.30. The van der Waals surface area contributed by atoms with E-state index in [9.17, 15) is 14.7 Å². The van der Waals surface area contributed by atoms with E-state index < -0.39 is 5.91 Å². The largest absolute Gasteiger partial charge is 0.507 e. The molecule has 3 N–H and O–H groups in total. The Morgan fingerprint density at radius 2 is 1.97 bits per heavy atom. The molecule has 2 fully saturated rings. The lowest BCUT2D eigenvalue weighted by atomic mass is 9.82. The lowest BCUT2D eigenvalue weighted by Crippen LogP contribution is -2.33. The van der Waals surface area contributed by atoms with Gasteiger partial charge in [0.15, 0.2) is 0 Å².